The normalized spacial score (nSPS) is 19.9. The first-order chi connectivity index (χ1) is 7.23. The van der Waals surface area contributed by atoms with E-state index in [2.05, 4.69) is 40.2 Å². The molecule has 3 heteroatoms. The van der Waals surface area contributed by atoms with Gasteiger partial charge in [-0.25, -0.2) is 0 Å². The van der Waals surface area contributed by atoms with Gasteiger partial charge in [0.15, 0.2) is 0 Å². The van der Waals surface area contributed by atoms with E-state index in [1.165, 1.54) is 5.56 Å². The highest BCUT2D eigenvalue weighted by atomic mass is 79.9. The molecule has 15 heavy (non-hydrogen) atoms. The molecular formula is C12H16BrNO. The van der Waals surface area contributed by atoms with E-state index in [9.17, 15) is 5.11 Å². The minimum absolute atomic E-state index is 0.157. The summed E-state index contributed by atoms with van der Waals surface area (Å²) >= 11 is 3.43. The predicted octanol–water partition coefficient (Wildman–Crippen LogP) is 2.05. The molecule has 0 radical (unpaired) electrons. The maximum atomic E-state index is 9.33. The molecule has 0 aromatic heterocycles. The van der Waals surface area contributed by atoms with Crippen LogP contribution in [0.1, 0.15) is 18.4 Å². The molecule has 2 rings (SSSR count). The lowest BCUT2D eigenvalue weighted by molar-refractivity contribution is 0.200. The molecule has 1 fully saturated rings. The topological polar surface area (TPSA) is 46.2 Å². The van der Waals surface area contributed by atoms with Crippen LogP contribution in [0.2, 0.25) is 0 Å². The van der Waals surface area contributed by atoms with Crippen molar-refractivity contribution >= 4 is 15.9 Å². The smallest absolute Gasteiger partial charge is 0.0479 e. The maximum absolute atomic E-state index is 9.33. The molecule has 0 saturated heterocycles. The fourth-order valence-corrected chi connectivity index (χ4v) is 2.59. The summed E-state index contributed by atoms with van der Waals surface area (Å²) in [5, 5.41) is 9.33. The molecule has 2 nitrogen and oxygen atoms in total. The SMILES string of the molecule is NCC(CO)C1(c2ccc(Br)cc2)CC1. The number of hydrogen-bond acceptors (Lipinski definition) is 2. The standard InChI is InChI=1S/C12H16BrNO/c13-11-3-1-9(2-4-11)12(5-6-12)10(7-14)8-15/h1-4,10,15H,5-8,14H2. The zero-order valence-corrected chi connectivity index (χ0v) is 10.2. The van der Waals surface area contributed by atoms with E-state index in [-0.39, 0.29) is 17.9 Å². The summed E-state index contributed by atoms with van der Waals surface area (Å²) in [5.74, 6) is 0.207. The number of aliphatic hydroxyl groups excluding tert-OH is 1. The van der Waals surface area contributed by atoms with Crippen molar-refractivity contribution in [1.29, 1.82) is 0 Å². The van der Waals surface area contributed by atoms with Gasteiger partial charge >= 0.3 is 0 Å². The Morgan fingerprint density at radius 3 is 2.33 bits per heavy atom. The van der Waals surface area contributed by atoms with E-state index in [0.29, 0.717) is 6.54 Å². The summed E-state index contributed by atoms with van der Waals surface area (Å²) in [7, 11) is 0. The van der Waals surface area contributed by atoms with Crippen LogP contribution in [0.25, 0.3) is 0 Å². The van der Waals surface area contributed by atoms with Gasteiger partial charge in [-0.15, -0.1) is 0 Å². The van der Waals surface area contributed by atoms with Gasteiger partial charge in [-0.3, -0.25) is 0 Å². The highest BCUT2D eigenvalue weighted by Crippen LogP contribution is 2.53. The van der Waals surface area contributed by atoms with E-state index in [4.69, 9.17) is 5.73 Å². The summed E-state index contributed by atoms with van der Waals surface area (Å²) in [6.07, 6.45) is 2.30. The van der Waals surface area contributed by atoms with Crippen LogP contribution in [0, 0.1) is 5.92 Å². The summed E-state index contributed by atoms with van der Waals surface area (Å²) in [5.41, 5.74) is 7.18. The number of halogens is 1. The second-order valence-electron chi connectivity index (χ2n) is 4.28. The first-order valence-corrected chi connectivity index (χ1v) is 6.09. The van der Waals surface area contributed by atoms with Gasteiger partial charge in [0.2, 0.25) is 0 Å². The van der Waals surface area contributed by atoms with Crippen molar-refractivity contribution < 1.29 is 5.11 Å². The number of hydrogen-bond donors (Lipinski definition) is 2. The van der Waals surface area contributed by atoms with Crippen molar-refractivity contribution in [3.8, 4) is 0 Å². The van der Waals surface area contributed by atoms with Crippen molar-refractivity contribution in [2.75, 3.05) is 13.2 Å². The molecule has 0 aliphatic heterocycles. The van der Waals surface area contributed by atoms with Crippen LogP contribution in [0.3, 0.4) is 0 Å². The summed E-state index contributed by atoms with van der Waals surface area (Å²) < 4.78 is 1.09. The highest BCUT2D eigenvalue weighted by molar-refractivity contribution is 9.10. The average Bonchev–Trinajstić information content (AvgIpc) is 3.02. The molecule has 1 aliphatic carbocycles. The van der Waals surface area contributed by atoms with Crippen LogP contribution < -0.4 is 5.73 Å². The van der Waals surface area contributed by atoms with Crippen molar-refractivity contribution in [3.05, 3.63) is 34.3 Å². The maximum Gasteiger partial charge on any atom is 0.0479 e. The Kier molecular flexibility index (Phi) is 3.14. The molecule has 1 aromatic carbocycles. The third-order valence-electron chi connectivity index (χ3n) is 3.49. The first kappa shape index (κ1) is 11.1. The van der Waals surface area contributed by atoms with Crippen LogP contribution in [-0.4, -0.2) is 18.3 Å². The van der Waals surface area contributed by atoms with Crippen molar-refractivity contribution in [2.24, 2.45) is 11.7 Å². The van der Waals surface area contributed by atoms with Crippen molar-refractivity contribution in [3.63, 3.8) is 0 Å². The number of aliphatic hydroxyl groups is 1. The summed E-state index contributed by atoms with van der Waals surface area (Å²) in [6.45, 7) is 0.749. The van der Waals surface area contributed by atoms with E-state index in [0.717, 1.165) is 17.3 Å². The molecule has 1 aromatic rings. The minimum atomic E-state index is 0.157. The van der Waals surface area contributed by atoms with Gasteiger partial charge in [0.1, 0.15) is 0 Å². The number of rotatable bonds is 4. The number of benzene rings is 1. The van der Waals surface area contributed by atoms with E-state index in [1.807, 2.05) is 0 Å². The number of nitrogens with two attached hydrogens (primary N) is 1. The first-order valence-electron chi connectivity index (χ1n) is 5.30. The molecule has 1 unspecified atom stereocenters. The fourth-order valence-electron chi connectivity index (χ4n) is 2.32. The lowest BCUT2D eigenvalue weighted by Gasteiger charge is -2.24. The Balaban J connectivity index is 2.25. The minimum Gasteiger partial charge on any atom is -0.396 e. The molecule has 1 saturated carbocycles. The molecule has 0 spiro atoms. The van der Waals surface area contributed by atoms with Crippen LogP contribution in [-0.2, 0) is 5.41 Å². The largest absolute Gasteiger partial charge is 0.396 e. The molecule has 0 amide bonds. The zero-order chi connectivity index (χ0) is 10.9. The third kappa shape index (κ3) is 1.96. The molecule has 0 heterocycles. The van der Waals surface area contributed by atoms with Gasteiger partial charge in [-0.1, -0.05) is 28.1 Å². The molecule has 0 bridgehead atoms. The quantitative estimate of drug-likeness (QED) is 0.879. The Labute approximate surface area is 98.6 Å². The van der Waals surface area contributed by atoms with Crippen molar-refractivity contribution in [2.45, 2.75) is 18.3 Å². The molecular weight excluding hydrogens is 254 g/mol. The Hall–Kier alpha value is -0.380. The Morgan fingerprint density at radius 2 is 1.93 bits per heavy atom. The van der Waals surface area contributed by atoms with Crippen LogP contribution in [0.4, 0.5) is 0 Å². The predicted molar refractivity (Wildman–Crippen MR) is 64.7 cm³/mol. The van der Waals surface area contributed by atoms with Crippen LogP contribution >= 0.6 is 15.9 Å². The van der Waals surface area contributed by atoms with Gasteiger partial charge in [-0.05, 0) is 37.1 Å². The molecule has 3 N–H and O–H groups in total. The van der Waals surface area contributed by atoms with Crippen LogP contribution in [0.15, 0.2) is 28.7 Å². The van der Waals surface area contributed by atoms with Crippen molar-refractivity contribution in [1.82, 2.24) is 0 Å². The molecule has 82 valence electrons. The van der Waals surface area contributed by atoms with Gasteiger partial charge in [-0.2, -0.15) is 0 Å². The lowest BCUT2D eigenvalue weighted by atomic mass is 9.83. The zero-order valence-electron chi connectivity index (χ0n) is 8.62. The summed E-state index contributed by atoms with van der Waals surface area (Å²) in [6, 6.07) is 8.38. The third-order valence-corrected chi connectivity index (χ3v) is 4.02. The Morgan fingerprint density at radius 1 is 1.33 bits per heavy atom. The average molecular weight is 270 g/mol. The second kappa shape index (κ2) is 4.24. The van der Waals surface area contributed by atoms with E-state index >= 15 is 0 Å². The van der Waals surface area contributed by atoms with Gasteiger partial charge in [0.25, 0.3) is 0 Å². The van der Waals surface area contributed by atoms with Gasteiger partial charge in [0, 0.05) is 22.4 Å². The fraction of sp³-hybridized carbons (Fsp3) is 0.500. The highest BCUT2D eigenvalue weighted by Gasteiger charge is 2.49. The molecule has 1 atom stereocenters. The van der Waals surface area contributed by atoms with E-state index < -0.39 is 0 Å². The van der Waals surface area contributed by atoms with Gasteiger partial charge < -0.3 is 10.8 Å². The van der Waals surface area contributed by atoms with Gasteiger partial charge in [0.05, 0.1) is 0 Å². The monoisotopic (exact) mass is 269 g/mol. The van der Waals surface area contributed by atoms with Crippen LogP contribution in [0.5, 0.6) is 0 Å². The lowest BCUT2D eigenvalue weighted by Crippen LogP contribution is -2.30. The molecule has 1 aliphatic rings. The second-order valence-corrected chi connectivity index (χ2v) is 5.19. The summed E-state index contributed by atoms with van der Waals surface area (Å²) in [4.78, 5) is 0. The van der Waals surface area contributed by atoms with E-state index in [1.54, 1.807) is 0 Å². The Bertz CT molecular complexity index is 328.